The Bertz CT molecular complexity index is 1330. The number of piperidine rings is 1. The van der Waals surface area contributed by atoms with E-state index in [4.69, 9.17) is 10.7 Å². The van der Waals surface area contributed by atoms with Crippen LogP contribution in [0.25, 0.3) is 11.1 Å². The number of hydrogen-bond acceptors (Lipinski definition) is 6. The Morgan fingerprint density at radius 3 is 2.97 bits per heavy atom. The quantitative estimate of drug-likeness (QED) is 0.474. The number of nitrogen functional groups attached to an aromatic ring is 1. The zero-order valence-electron chi connectivity index (χ0n) is 22.7. The number of aliphatic imine (C=N–C) groups is 1. The Morgan fingerprint density at radius 2 is 2.18 bits per heavy atom. The van der Waals surface area contributed by atoms with Crippen LogP contribution in [-0.4, -0.2) is 51.1 Å². The van der Waals surface area contributed by atoms with E-state index in [2.05, 4.69) is 44.6 Å². The summed E-state index contributed by atoms with van der Waals surface area (Å²) in [7, 11) is 2.16. The summed E-state index contributed by atoms with van der Waals surface area (Å²) in [6.45, 7) is 5.74. The van der Waals surface area contributed by atoms with Crippen molar-refractivity contribution in [1.82, 2.24) is 24.6 Å². The third-order valence-corrected chi connectivity index (χ3v) is 6.84. The van der Waals surface area contributed by atoms with Gasteiger partial charge in [0.1, 0.15) is 28.7 Å². The molecule has 1 saturated heterocycles. The Balaban J connectivity index is 1.54. The molecule has 4 heterocycles. The molecule has 2 aliphatic heterocycles. The number of allylic oxidation sites excluding steroid dienone is 7. The van der Waals surface area contributed by atoms with E-state index in [0.717, 1.165) is 48.4 Å². The van der Waals surface area contributed by atoms with Crippen molar-refractivity contribution >= 4 is 28.7 Å². The molecule has 3 N–H and O–H groups in total. The highest BCUT2D eigenvalue weighted by Crippen LogP contribution is 2.33. The summed E-state index contributed by atoms with van der Waals surface area (Å²) in [5.74, 6) is 1.96. The van der Waals surface area contributed by atoms with Crippen LogP contribution in [0.15, 0.2) is 71.6 Å². The molecule has 38 heavy (non-hydrogen) atoms. The molecule has 0 aliphatic carbocycles. The van der Waals surface area contributed by atoms with Crippen molar-refractivity contribution < 1.29 is 4.79 Å². The molecule has 1 amide bonds. The smallest absolute Gasteiger partial charge is 0.229 e. The number of rotatable bonds is 8. The lowest BCUT2D eigenvalue weighted by atomic mass is 10.0. The standard InChI is InChI=1S/C30H39N7O/c1-4-11-22-13-10-17-32-25(21-22)34-26(38)16-7-6-14-23(12-5-2)27-28-29(31)33-18-20-37(28)30(35-27)24-15-8-9-19-36(24)3/h5-7,10,12-14,18,20-21,24H,4,8-9,11,15-17,19H2,1-3H3,(H2,31,33)(H,32,34,38)/b7-6+,12-5-,23-14+/t24-/m0/s1. The van der Waals surface area contributed by atoms with Crippen molar-refractivity contribution in [2.45, 2.75) is 58.4 Å². The predicted octanol–water partition coefficient (Wildman–Crippen LogP) is 5.19. The minimum atomic E-state index is -0.0986. The molecule has 2 aromatic heterocycles. The lowest BCUT2D eigenvalue weighted by molar-refractivity contribution is -0.118. The van der Waals surface area contributed by atoms with E-state index in [1.807, 2.05) is 55.7 Å². The van der Waals surface area contributed by atoms with Crippen LogP contribution in [0, 0.1) is 0 Å². The molecule has 2 aliphatic rings. The fourth-order valence-corrected chi connectivity index (χ4v) is 5.00. The van der Waals surface area contributed by atoms with E-state index in [0.29, 0.717) is 18.2 Å². The van der Waals surface area contributed by atoms with Gasteiger partial charge in [-0.05, 0) is 51.4 Å². The number of likely N-dealkylation sites (tertiary alicyclic amines) is 1. The Kier molecular flexibility index (Phi) is 9.43. The molecule has 0 radical (unpaired) electrons. The molecule has 0 aromatic carbocycles. The number of aromatic nitrogens is 3. The van der Waals surface area contributed by atoms with Crippen LogP contribution < -0.4 is 11.1 Å². The first-order valence-electron chi connectivity index (χ1n) is 13.6. The van der Waals surface area contributed by atoms with Gasteiger partial charge in [-0.2, -0.15) is 0 Å². The largest absolute Gasteiger partial charge is 0.382 e. The molecular weight excluding hydrogens is 474 g/mol. The molecule has 0 bridgehead atoms. The second-order valence-electron chi connectivity index (χ2n) is 9.74. The number of imidazole rings is 1. The first-order chi connectivity index (χ1) is 18.5. The molecule has 0 spiro atoms. The number of fused-ring (bicyclic) bond motifs is 1. The molecule has 0 saturated carbocycles. The van der Waals surface area contributed by atoms with E-state index in [1.54, 1.807) is 6.20 Å². The SMILES string of the molecule is C\C=C/C(=C\C=C\CC(=O)NC1=NCC=CC(CCC)=C1)c1nc([C@@H]2CCCCN2C)n2ccnc(N)c12. The molecule has 1 atom stereocenters. The number of carbonyl (C=O) groups excluding carboxylic acids is 1. The summed E-state index contributed by atoms with van der Waals surface area (Å²) in [5.41, 5.74) is 10.1. The van der Waals surface area contributed by atoms with Crippen LogP contribution in [0.1, 0.15) is 69.9 Å². The lowest BCUT2D eigenvalue weighted by Gasteiger charge is -2.31. The number of amides is 1. The Labute approximate surface area is 225 Å². The molecule has 8 nitrogen and oxygen atoms in total. The van der Waals surface area contributed by atoms with Crippen molar-refractivity contribution in [2.24, 2.45) is 4.99 Å². The van der Waals surface area contributed by atoms with Crippen molar-refractivity contribution in [3.8, 4) is 0 Å². The van der Waals surface area contributed by atoms with Crippen molar-refractivity contribution in [3.63, 3.8) is 0 Å². The van der Waals surface area contributed by atoms with E-state index in [1.165, 1.54) is 18.4 Å². The highest BCUT2D eigenvalue weighted by Gasteiger charge is 2.27. The summed E-state index contributed by atoms with van der Waals surface area (Å²) < 4.78 is 2.08. The van der Waals surface area contributed by atoms with E-state index in [9.17, 15) is 4.79 Å². The van der Waals surface area contributed by atoms with Gasteiger partial charge >= 0.3 is 0 Å². The first kappa shape index (κ1) is 27.3. The molecule has 200 valence electrons. The number of carbonyl (C=O) groups is 1. The van der Waals surface area contributed by atoms with Crippen LogP contribution in [0.2, 0.25) is 0 Å². The van der Waals surface area contributed by atoms with Crippen LogP contribution in [-0.2, 0) is 4.79 Å². The van der Waals surface area contributed by atoms with Crippen LogP contribution >= 0.6 is 0 Å². The number of nitrogens with two attached hydrogens (primary N) is 1. The van der Waals surface area contributed by atoms with Gasteiger partial charge in [0.15, 0.2) is 0 Å². The summed E-state index contributed by atoms with van der Waals surface area (Å²) in [6.07, 6.45) is 25.2. The number of anilines is 1. The van der Waals surface area contributed by atoms with Gasteiger partial charge in [0.05, 0.1) is 12.6 Å². The zero-order valence-corrected chi connectivity index (χ0v) is 22.7. The molecule has 0 unspecified atom stereocenters. The predicted molar refractivity (Wildman–Crippen MR) is 156 cm³/mol. The Morgan fingerprint density at radius 1 is 1.32 bits per heavy atom. The molecule has 4 rings (SSSR count). The summed E-state index contributed by atoms with van der Waals surface area (Å²) in [4.78, 5) is 28.8. The Hall–Kier alpha value is -3.78. The normalized spacial score (nSPS) is 19.2. The maximum atomic E-state index is 12.6. The lowest BCUT2D eigenvalue weighted by Crippen LogP contribution is -2.30. The van der Waals surface area contributed by atoms with E-state index in [-0.39, 0.29) is 18.4 Å². The number of hydrogen-bond donors (Lipinski definition) is 2. The van der Waals surface area contributed by atoms with Crippen LogP contribution in [0.3, 0.4) is 0 Å². The summed E-state index contributed by atoms with van der Waals surface area (Å²) in [5, 5.41) is 2.93. The van der Waals surface area contributed by atoms with Gasteiger partial charge < -0.3 is 11.1 Å². The number of nitrogens with zero attached hydrogens (tertiary/aromatic N) is 5. The van der Waals surface area contributed by atoms with Gasteiger partial charge in [-0.3, -0.25) is 19.1 Å². The third kappa shape index (κ3) is 6.55. The molecule has 8 heteroatoms. The second kappa shape index (κ2) is 13.1. The van der Waals surface area contributed by atoms with Gasteiger partial charge in [0.2, 0.25) is 5.91 Å². The number of amidine groups is 1. The van der Waals surface area contributed by atoms with Gasteiger partial charge in [-0.15, -0.1) is 0 Å². The third-order valence-electron chi connectivity index (χ3n) is 6.84. The van der Waals surface area contributed by atoms with Crippen LogP contribution in [0.4, 0.5) is 5.82 Å². The van der Waals surface area contributed by atoms with Crippen molar-refractivity contribution in [2.75, 3.05) is 25.9 Å². The van der Waals surface area contributed by atoms with Gasteiger partial charge in [0.25, 0.3) is 0 Å². The fraction of sp³-hybridized carbons (Fsp3) is 0.400. The average Bonchev–Trinajstić information content (AvgIpc) is 3.15. The van der Waals surface area contributed by atoms with Crippen molar-refractivity contribution in [3.05, 3.63) is 78.1 Å². The maximum absolute atomic E-state index is 12.6. The minimum absolute atomic E-state index is 0.0986. The fourth-order valence-electron chi connectivity index (χ4n) is 5.00. The van der Waals surface area contributed by atoms with Crippen LogP contribution in [0.5, 0.6) is 0 Å². The second-order valence-corrected chi connectivity index (χ2v) is 9.74. The van der Waals surface area contributed by atoms with E-state index >= 15 is 0 Å². The van der Waals surface area contributed by atoms with E-state index < -0.39 is 0 Å². The van der Waals surface area contributed by atoms with Gasteiger partial charge in [-0.25, -0.2) is 9.97 Å². The zero-order chi connectivity index (χ0) is 26.9. The minimum Gasteiger partial charge on any atom is -0.382 e. The average molecular weight is 514 g/mol. The van der Waals surface area contributed by atoms with Crippen molar-refractivity contribution in [1.29, 1.82) is 0 Å². The summed E-state index contributed by atoms with van der Waals surface area (Å²) in [6, 6.07) is 0.229. The molecule has 1 fully saturated rings. The number of nitrogens with one attached hydrogen (secondary N) is 1. The monoisotopic (exact) mass is 513 g/mol. The first-order valence-corrected chi connectivity index (χ1v) is 13.6. The molecular formula is C30H39N7O. The van der Waals surface area contributed by atoms with Gasteiger partial charge in [-0.1, -0.05) is 62.3 Å². The highest BCUT2D eigenvalue weighted by atomic mass is 16.1. The topological polar surface area (TPSA) is 101 Å². The molecule has 2 aromatic rings. The summed E-state index contributed by atoms with van der Waals surface area (Å²) >= 11 is 0. The maximum Gasteiger partial charge on any atom is 0.229 e. The van der Waals surface area contributed by atoms with Gasteiger partial charge in [0, 0.05) is 24.4 Å². The highest BCUT2D eigenvalue weighted by molar-refractivity contribution is 6.05.